The van der Waals surface area contributed by atoms with E-state index in [1.165, 1.54) is 25.7 Å². The van der Waals surface area contributed by atoms with Crippen molar-refractivity contribution in [1.29, 1.82) is 5.26 Å². The lowest BCUT2D eigenvalue weighted by molar-refractivity contribution is -0.190. The zero-order valence-corrected chi connectivity index (χ0v) is 13.5. The van der Waals surface area contributed by atoms with Crippen LogP contribution in [0.1, 0.15) is 32.6 Å². The number of nitrogens with zero attached hydrogens (tertiary/aromatic N) is 1. The minimum absolute atomic E-state index is 0.123. The average Bonchev–Trinajstić information content (AvgIpc) is 3.30. The predicted octanol–water partition coefficient (Wildman–Crippen LogP) is 3.17. The maximum absolute atomic E-state index is 12.0. The molecule has 6 rings (SSSR count). The first kappa shape index (κ1) is 13.0. The molecule has 0 saturated heterocycles. The highest BCUT2D eigenvalue weighted by Gasteiger charge is 2.81. The molecule has 0 N–H and O–H groups in total. The quantitative estimate of drug-likeness (QED) is 0.425. The van der Waals surface area contributed by atoms with Crippen LogP contribution >= 0.6 is 0 Å². The molecule has 0 spiro atoms. The van der Waals surface area contributed by atoms with Crippen LogP contribution in [0.15, 0.2) is 12.2 Å². The van der Waals surface area contributed by atoms with Crippen molar-refractivity contribution in [2.45, 2.75) is 38.2 Å². The van der Waals surface area contributed by atoms with Crippen molar-refractivity contribution in [1.82, 2.24) is 0 Å². The van der Waals surface area contributed by atoms with Crippen LogP contribution < -0.4 is 0 Å². The Morgan fingerprint density at radius 3 is 2.65 bits per heavy atom. The molecule has 0 aromatic carbocycles. The Bertz CT molecular complexity index is 678. The summed E-state index contributed by atoms with van der Waals surface area (Å²) in [6.45, 7) is 1.57. The van der Waals surface area contributed by atoms with E-state index >= 15 is 0 Å². The third-order valence-corrected chi connectivity index (χ3v) is 8.79. The summed E-state index contributed by atoms with van der Waals surface area (Å²) in [4.78, 5) is 12.0. The van der Waals surface area contributed by atoms with Gasteiger partial charge in [-0.1, -0.05) is 12.2 Å². The zero-order valence-electron chi connectivity index (χ0n) is 13.5. The Kier molecular flexibility index (Phi) is 2.18. The molecule has 3 heteroatoms. The summed E-state index contributed by atoms with van der Waals surface area (Å²) in [6.07, 6.45) is 9.87. The lowest BCUT2D eigenvalue weighted by Crippen LogP contribution is -2.56. The first-order valence-electron chi connectivity index (χ1n) is 9.44. The van der Waals surface area contributed by atoms with Crippen LogP contribution in [-0.4, -0.2) is 11.6 Å². The number of fused-ring (bicyclic) bond motifs is 16. The first-order valence-corrected chi connectivity index (χ1v) is 9.44. The first-order chi connectivity index (χ1) is 11.2. The molecule has 11 atom stereocenters. The Balaban J connectivity index is 1.55. The van der Waals surface area contributed by atoms with Crippen molar-refractivity contribution in [3.05, 3.63) is 12.2 Å². The van der Waals surface area contributed by atoms with E-state index in [2.05, 4.69) is 18.2 Å². The van der Waals surface area contributed by atoms with Crippen molar-refractivity contribution >= 4 is 5.97 Å². The van der Waals surface area contributed by atoms with Crippen molar-refractivity contribution in [2.24, 2.45) is 59.2 Å². The summed E-state index contributed by atoms with van der Waals surface area (Å²) in [5.41, 5.74) is -0.278. The number of carbonyl (C=O) groups is 1. The van der Waals surface area contributed by atoms with Crippen LogP contribution in [-0.2, 0) is 9.53 Å². The minimum atomic E-state index is -0.278. The van der Waals surface area contributed by atoms with Gasteiger partial charge in [-0.05, 0) is 67.1 Å². The summed E-state index contributed by atoms with van der Waals surface area (Å²) in [5.74, 6) is 5.16. The molecule has 5 fully saturated rings. The van der Waals surface area contributed by atoms with Crippen molar-refractivity contribution in [2.75, 3.05) is 0 Å². The fourth-order valence-corrected chi connectivity index (χ4v) is 8.85. The molecule has 3 nitrogen and oxygen atoms in total. The van der Waals surface area contributed by atoms with Crippen molar-refractivity contribution in [3.63, 3.8) is 0 Å². The highest BCUT2D eigenvalue weighted by Crippen LogP contribution is 2.79. The van der Waals surface area contributed by atoms with Gasteiger partial charge in [-0.25, -0.2) is 0 Å². The fourth-order valence-electron chi connectivity index (χ4n) is 8.85. The van der Waals surface area contributed by atoms with Crippen LogP contribution in [0, 0.1) is 70.5 Å². The number of hydrogen-bond acceptors (Lipinski definition) is 3. The Morgan fingerprint density at radius 2 is 1.91 bits per heavy atom. The lowest BCUT2D eigenvalue weighted by Gasteiger charge is -2.51. The Labute approximate surface area is 137 Å². The van der Waals surface area contributed by atoms with E-state index < -0.39 is 0 Å². The normalized spacial score (nSPS) is 62.4. The molecule has 0 amide bonds. The molecule has 0 aromatic rings. The second kappa shape index (κ2) is 3.85. The summed E-state index contributed by atoms with van der Waals surface area (Å²) < 4.78 is 6.22. The summed E-state index contributed by atoms with van der Waals surface area (Å²) in [6, 6.07) is 2.70. The molecular weight excluding hydrogens is 286 g/mol. The van der Waals surface area contributed by atoms with Gasteiger partial charge in [0, 0.05) is 18.8 Å². The molecule has 120 valence electrons. The van der Waals surface area contributed by atoms with E-state index in [0.717, 1.165) is 0 Å². The molecule has 5 saturated carbocycles. The standard InChI is InChI=1S/C20H23NO2/c1-9(22)23-20-13-5-4-12(7-13)18(20)17-14(8-21)19(20)16-11-3-2-10(6-11)15(16)17/h2-3,10-19H,4-7H2,1H3. The van der Waals surface area contributed by atoms with Gasteiger partial charge in [-0.3, -0.25) is 4.79 Å². The molecule has 6 aliphatic rings. The summed E-state index contributed by atoms with van der Waals surface area (Å²) >= 11 is 0. The molecule has 0 heterocycles. The SMILES string of the molecule is CC(=O)OC12C3CCC(C3)C1C1C(C#N)C2C2C3C=CC(C3)C12. The minimum Gasteiger partial charge on any atom is -0.458 e. The number of hydrogen-bond donors (Lipinski definition) is 0. The predicted molar refractivity (Wildman–Crippen MR) is 82.6 cm³/mol. The highest BCUT2D eigenvalue weighted by molar-refractivity contribution is 5.67. The van der Waals surface area contributed by atoms with Gasteiger partial charge < -0.3 is 4.74 Å². The molecule has 11 unspecified atom stereocenters. The number of ether oxygens (including phenoxy) is 1. The molecular formula is C20H23NO2. The molecule has 6 bridgehead atoms. The van der Waals surface area contributed by atoms with Gasteiger partial charge >= 0.3 is 5.97 Å². The number of carbonyl (C=O) groups excluding carboxylic acids is 1. The van der Waals surface area contributed by atoms with Crippen LogP contribution in [0.3, 0.4) is 0 Å². The second-order valence-corrected chi connectivity index (χ2v) is 9.10. The fraction of sp³-hybridized carbons (Fsp3) is 0.800. The molecule has 0 aliphatic heterocycles. The topological polar surface area (TPSA) is 50.1 Å². The second-order valence-electron chi connectivity index (χ2n) is 9.10. The van der Waals surface area contributed by atoms with E-state index in [1.807, 2.05) is 0 Å². The summed E-state index contributed by atoms with van der Waals surface area (Å²) in [5, 5.41) is 9.98. The molecule has 23 heavy (non-hydrogen) atoms. The van der Waals surface area contributed by atoms with E-state index in [-0.39, 0.29) is 17.5 Å². The average molecular weight is 309 g/mol. The van der Waals surface area contributed by atoms with Gasteiger partial charge in [0.05, 0.1) is 12.0 Å². The summed E-state index contributed by atoms with van der Waals surface area (Å²) in [7, 11) is 0. The smallest absolute Gasteiger partial charge is 0.303 e. The molecule has 6 aliphatic carbocycles. The van der Waals surface area contributed by atoms with Gasteiger partial charge in [0.1, 0.15) is 5.60 Å². The van der Waals surface area contributed by atoms with E-state index in [9.17, 15) is 10.1 Å². The lowest BCUT2D eigenvalue weighted by atomic mass is 9.58. The number of rotatable bonds is 1. The van der Waals surface area contributed by atoms with Crippen LogP contribution in [0.4, 0.5) is 0 Å². The number of allylic oxidation sites excluding steroid dienone is 2. The van der Waals surface area contributed by atoms with Gasteiger partial charge in [-0.2, -0.15) is 5.26 Å². The monoisotopic (exact) mass is 309 g/mol. The van der Waals surface area contributed by atoms with Gasteiger partial charge in [0.25, 0.3) is 0 Å². The zero-order chi connectivity index (χ0) is 15.5. The van der Waals surface area contributed by atoms with Gasteiger partial charge in [-0.15, -0.1) is 0 Å². The number of nitriles is 1. The third kappa shape index (κ3) is 1.20. The Hall–Kier alpha value is -1.30. The maximum Gasteiger partial charge on any atom is 0.303 e. The van der Waals surface area contributed by atoms with Gasteiger partial charge in [0.15, 0.2) is 0 Å². The Morgan fingerprint density at radius 1 is 1.13 bits per heavy atom. The third-order valence-electron chi connectivity index (χ3n) is 8.79. The van der Waals surface area contributed by atoms with Crippen LogP contribution in [0.5, 0.6) is 0 Å². The van der Waals surface area contributed by atoms with E-state index in [1.54, 1.807) is 6.92 Å². The largest absolute Gasteiger partial charge is 0.458 e. The van der Waals surface area contributed by atoms with E-state index in [0.29, 0.717) is 53.3 Å². The number of esters is 1. The van der Waals surface area contributed by atoms with Crippen molar-refractivity contribution < 1.29 is 9.53 Å². The highest BCUT2D eigenvalue weighted by atomic mass is 16.6. The van der Waals surface area contributed by atoms with Gasteiger partial charge in [0.2, 0.25) is 0 Å². The molecule has 0 aromatic heterocycles. The van der Waals surface area contributed by atoms with E-state index in [4.69, 9.17) is 4.74 Å². The van der Waals surface area contributed by atoms with Crippen LogP contribution in [0.2, 0.25) is 0 Å². The van der Waals surface area contributed by atoms with Crippen LogP contribution in [0.25, 0.3) is 0 Å². The maximum atomic E-state index is 12.0. The van der Waals surface area contributed by atoms with Crippen molar-refractivity contribution in [3.8, 4) is 6.07 Å². The molecule has 0 radical (unpaired) electrons.